The summed E-state index contributed by atoms with van der Waals surface area (Å²) in [5.74, 6) is -0.696. The summed E-state index contributed by atoms with van der Waals surface area (Å²) < 4.78 is 0. The molecule has 3 N–H and O–H groups in total. The highest BCUT2D eigenvalue weighted by Crippen LogP contribution is 2.07. The molecule has 0 saturated carbocycles. The fourth-order valence-corrected chi connectivity index (χ4v) is 1.95. The average molecular weight is 292 g/mol. The van der Waals surface area contributed by atoms with Crippen LogP contribution in [0.3, 0.4) is 0 Å². The van der Waals surface area contributed by atoms with Gasteiger partial charge in [-0.15, -0.1) is 0 Å². The van der Waals surface area contributed by atoms with E-state index in [4.69, 9.17) is 0 Å². The quantitative estimate of drug-likeness (QED) is 0.722. The molecule has 3 atom stereocenters. The van der Waals surface area contributed by atoms with Gasteiger partial charge in [-0.3, -0.25) is 0 Å². The van der Waals surface area contributed by atoms with Crippen molar-refractivity contribution in [3.8, 4) is 0 Å². The lowest BCUT2D eigenvalue weighted by molar-refractivity contribution is -0.139. The highest BCUT2D eigenvalue weighted by atomic mass is 16.4. The van der Waals surface area contributed by atoms with Crippen molar-refractivity contribution in [2.75, 3.05) is 0 Å². The Bertz CT molecular complexity index is 462. The Balaban J connectivity index is 2.58. The summed E-state index contributed by atoms with van der Waals surface area (Å²) in [6, 6.07) is 7.88. The van der Waals surface area contributed by atoms with Crippen molar-refractivity contribution < 1.29 is 14.7 Å². The van der Waals surface area contributed by atoms with Crippen molar-refractivity contribution in [3.05, 3.63) is 35.9 Å². The molecule has 0 aliphatic heterocycles. The van der Waals surface area contributed by atoms with E-state index >= 15 is 0 Å². The zero-order valence-corrected chi connectivity index (χ0v) is 12.8. The Labute approximate surface area is 125 Å². The number of carboxylic acid groups (broad SMARTS) is 1. The molecule has 2 unspecified atom stereocenters. The van der Waals surface area contributed by atoms with E-state index in [1.165, 1.54) is 0 Å². The lowest BCUT2D eigenvalue weighted by Crippen LogP contribution is -2.50. The molecule has 0 radical (unpaired) electrons. The van der Waals surface area contributed by atoms with Gasteiger partial charge in [0.05, 0.1) is 0 Å². The molecule has 0 fully saturated rings. The molecular weight excluding hydrogens is 268 g/mol. The van der Waals surface area contributed by atoms with Crippen LogP contribution in [0, 0.1) is 5.92 Å². The minimum Gasteiger partial charge on any atom is -0.480 e. The van der Waals surface area contributed by atoms with Crippen LogP contribution in [0.2, 0.25) is 0 Å². The number of urea groups is 1. The summed E-state index contributed by atoms with van der Waals surface area (Å²) in [4.78, 5) is 23.2. The average Bonchev–Trinajstić information content (AvgIpc) is 2.46. The molecule has 0 aliphatic rings. The van der Waals surface area contributed by atoms with Crippen LogP contribution in [0.4, 0.5) is 4.79 Å². The molecule has 5 heteroatoms. The molecule has 0 aromatic heterocycles. The molecule has 2 amide bonds. The molecule has 116 valence electrons. The molecule has 1 aromatic rings. The first-order chi connectivity index (χ1) is 9.93. The lowest BCUT2D eigenvalue weighted by Gasteiger charge is -2.22. The van der Waals surface area contributed by atoms with Gasteiger partial charge < -0.3 is 15.7 Å². The predicted octanol–water partition coefficient (Wildman–Crippen LogP) is 2.42. The minimum atomic E-state index is -1.04. The summed E-state index contributed by atoms with van der Waals surface area (Å²) in [6.07, 6.45) is 1.22. The highest BCUT2D eigenvalue weighted by Gasteiger charge is 2.21. The van der Waals surface area contributed by atoms with Gasteiger partial charge in [0.2, 0.25) is 0 Å². The molecular formula is C16H24N2O3. The number of rotatable bonds is 7. The third kappa shape index (κ3) is 5.85. The molecule has 0 spiro atoms. The number of carbonyl (C=O) groups excluding carboxylic acids is 1. The van der Waals surface area contributed by atoms with Crippen molar-refractivity contribution in [1.82, 2.24) is 10.6 Å². The van der Waals surface area contributed by atoms with E-state index in [0.717, 1.165) is 12.0 Å². The third-order valence-electron chi connectivity index (χ3n) is 3.74. The number of benzene rings is 1. The minimum absolute atomic E-state index is 0.00108. The van der Waals surface area contributed by atoms with Crippen LogP contribution < -0.4 is 10.6 Å². The first kappa shape index (κ1) is 17.0. The van der Waals surface area contributed by atoms with E-state index < -0.39 is 18.0 Å². The zero-order valence-electron chi connectivity index (χ0n) is 12.8. The van der Waals surface area contributed by atoms with Crippen molar-refractivity contribution in [2.24, 2.45) is 5.92 Å². The summed E-state index contributed by atoms with van der Waals surface area (Å²) in [5, 5.41) is 14.5. The number of carbonyl (C=O) groups is 2. The van der Waals surface area contributed by atoms with Gasteiger partial charge in [0, 0.05) is 12.5 Å². The summed E-state index contributed by atoms with van der Waals surface area (Å²) in [5.41, 5.74) is 0.875. The largest absolute Gasteiger partial charge is 0.480 e. The summed E-state index contributed by atoms with van der Waals surface area (Å²) in [7, 11) is 0. The van der Waals surface area contributed by atoms with E-state index in [1.54, 1.807) is 0 Å². The molecule has 0 aliphatic carbocycles. The molecule has 21 heavy (non-hydrogen) atoms. The van der Waals surface area contributed by atoms with Crippen LogP contribution in [0.15, 0.2) is 30.3 Å². The molecule has 1 aromatic carbocycles. The molecule has 0 saturated heterocycles. The van der Waals surface area contributed by atoms with Gasteiger partial charge in [-0.2, -0.15) is 0 Å². The first-order valence-electron chi connectivity index (χ1n) is 7.27. The number of aliphatic carboxylic acids is 1. The van der Waals surface area contributed by atoms with Crippen molar-refractivity contribution >= 4 is 12.0 Å². The van der Waals surface area contributed by atoms with Crippen LogP contribution in [0.1, 0.15) is 32.8 Å². The maximum atomic E-state index is 11.9. The third-order valence-corrected chi connectivity index (χ3v) is 3.74. The highest BCUT2D eigenvalue weighted by molar-refractivity contribution is 5.82. The van der Waals surface area contributed by atoms with Gasteiger partial charge in [0.25, 0.3) is 0 Å². The number of nitrogens with one attached hydrogen (secondary N) is 2. The van der Waals surface area contributed by atoms with Crippen LogP contribution in [0.5, 0.6) is 0 Å². The molecule has 5 nitrogen and oxygen atoms in total. The maximum absolute atomic E-state index is 11.9. The first-order valence-corrected chi connectivity index (χ1v) is 7.27. The Kier molecular flexibility index (Phi) is 6.72. The van der Waals surface area contributed by atoms with Gasteiger partial charge >= 0.3 is 12.0 Å². The fourth-order valence-electron chi connectivity index (χ4n) is 1.95. The van der Waals surface area contributed by atoms with Crippen LogP contribution >= 0.6 is 0 Å². The Morgan fingerprint density at radius 2 is 1.76 bits per heavy atom. The summed E-state index contributed by atoms with van der Waals surface area (Å²) >= 11 is 0. The van der Waals surface area contributed by atoms with E-state index in [0.29, 0.717) is 5.92 Å². The van der Waals surface area contributed by atoms with Gasteiger partial charge in [-0.1, -0.05) is 50.6 Å². The topological polar surface area (TPSA) is 78.4 Å². The standard InChI is InChI=1S/C16H24N2O3/c1-4-11(2)12(3)17-16(21)18-14(15(19)20)10-13-8-6-5-7-9-13/h5-9,11-12,14H,4,10H2,1-3H3,(H,19,20)(H2,17,18,21)/t11?,12?,14-/m1/s1. The van der Waals surface area contributed by atoms with Crippen LogP contribution in [0.25, 0.3) is 0 Å². The Morgan fingerprint density at radius 3 is 2.29 bits per heavy atom. The normalized spacial score (nSPS) is 14.8. The van der Waals surface area contributed by atoms with Crippen LogP contribution in [-0.4, -0.2) is 29.2 Å². The van der Waals surface area contributed by atoms with Gasteiger partial charge in [-0.25, -0.2) is 9.59 Å². The molecule has 1 rings (SSSR count). The van der Waals surface area contributed by atoms with Gasteiger partial charge in [0.1, 0.15) is 6.04 Å². The second-order valence-corrected chi connectivity index (χ2v) is 5.37. The second-order valence-electron chi connectivity index (χ2n) is 5.37. The second kappa shape index (κ2) is 8.29. The number of amides is 2. The summed E-state index contributed by atoms with van der Waals surface area (Å²) in [6.45, 7) is 6.01. The molecule has 0 heterocycles. The number of carboxylic acids is 1. The van der Waals surface area contributed by atoms with Crippen molar-refractivity contribution in [1.29, 1.82) is 0 Å². The van der Waals surface area contributed by atoms with Crippen LogP contribution in [-0.2, 0) is 11.2 Å². The van der Waals surface area contributed by atoms with E-state index in [2.05, 4.69) is 17.6 Å². The molecule has 0 bridgehead atoms. The van der Waals surface area contributed by atoms with E-state index in [-0.39, 0.29) is 12.5 Å². The number of hydrogen-bond donors (Lipinski definition) is 3. The fraction of sp³-hybridized carbons (Fsp3) is 0.500. The predicted molar refractivity (Wildman–Crippen MR) is 82.2 cm³/mol. The smallest absolute Gasteiger partial charge is 0.326 e. The maximum Gasteiger partial charge on any atom is 0.326 e. The number of hydrogen-bond acceptors (Lipinski definition) is 2. The van der Waals surface area contributed by atoms with E-state index in [9.17, 15) is 14.7 Å². The van der Waals surface area contributed by atoms with Crippen molar-refractivity contribution in [3.63, 3.8) is 0 Å². The Morgan fingerprint density at radius 1 is 1.14 bits per heavy atom. The lowest BCUT2D eigenvalue weighted by atomic mass is 10.0. The monoisotopic (exact) mass is 292 g/mol. The van der Waals surface area contributed by atoms with Gasteiger partial charge in [-0.05, 0) is 18.4 Å². The van der Waals surface area contributed by atoms with E-state index in [1.807, 2.05) is 44.2 Å². The van der Waals surface area contributed by atoms with Crippen molar-refractivity contribution in [2.45, 2.75) is 45.7 Å². The Hall–Kier alpha value is -2.04. The SMILES string of the molecule is CCC(C)C(C)NC(=O)N[C@H](Cc1ccccc1)C(=O)O. The zero-order chi connectivity index (χ0) is 15.8. The van der Waals surface area contributed by atoms with Gasteiger partial charge in [0.15, 0.2) is 0 Å².